The summed E-state index contributed by atoms with van der Waals surface area (Å²) >= 11 is 0. The van der Waals surface area contributed by atoms with Crippen LogP contribution in [-0.4, -0.2) is 38.5 Å². The Balaban J connectivity index is 1.94. The molecule has 2 rings (SSSR count). The Kier molecular flexibility index (Phi) is 3.88. The molecular formula is C12H18N6. The van der Waals surface area contributed by atoms with Crippen LogP contribution in [0.25, 0.3) is 0 Å². The van der Waals surface area contributed by atoms with Crippen LogP contribution in [0.3, 0.4) is 0 Å². The minimum absolute atomic E-state index is 0.754. The Morgan fingerprint density at radius 3 is 2.61 bits per heavy atom. The highest BCUT2D eigenvalue weighted by atomic mass is 15.2. The van der Waals surface area contributed by atoms with E-state index in [4.69, 9.17) is 0 Å². The van der Waals surface area contributed by atoms with Crippen LogP contribution in [0.4, 0.5) is 5.82 Å². The molecule has 0 unspecified atom stereocenters. The summed E-state index contributed by atoms with van der Waals surface area (Å²) in [7, 11) is 5.87. The van der Waals surface area contributed by atoms with Crippen LogP contribution in [0, 0.1) is 0 Å². The van der Waals surface area contributed by atoms with E-state index < -0.39 is 0 Å². The average molecular weight is 246 g/mol. The summed E-state index contributed by atoms with van der Waals surface area (Å²) in [5, 5.41) is 2.95. The maximum Gasteiger partial charge on any atom is 0.144 e. The van der Waals surface area contributed by atoms with E-state index in [1.165, 1.54) is 0 Å². The first kappa shape index (κ1) is 12.5. The van der Waals surface area contributed by atoms with E-state index in [0.717, 1.165) is 30.4 Å². The van der Waals surface area contributed by atoms with Crippen molar-refractivity contribution in [1.29, 1.82) is 0 Å². The summed E-state index contributed by atoms with van der Waals surface area (Å²) in [5.41, 5.74) is 0.950. The van der Waals surface area contributed by atoms with Crippen molar-refractivity contribution in [3.8, 4) is 0 Å². The van der Waals surface area contributed by atoms with Gasteiger partial charge in [0.25, 0.3) is 0 Å². The molecule has 0 saturated carbocycles. The van der Waals surface area contributed by atoms with E-state index in [1.54, 1.807) is 12.4 Å². The predicted octanol–water partition coefficient (Wildman–Crippen LogP) is 0.884. The topological polar surface area (TPSA) is 58.9 Å². The van der Waals surface area contributed by atoms with Gasteiger partial charge >= 0.3 is 0 Å². The molecule has 1 N–H and O–H groups in total. The van der Waals surface area contributed by atoms with Gasteiger partial charge in [-0.05, 0) is 7.05 Å². The number of nitrogens with zero attached hydrogens (tertiary/aromatic N) is 5. The molecule has 0 bridgehead atoms. The van der Waals surface area contributed by atoms with Crippen molar-refractivity contribution >= 4 is 5.82 Å². The summed E-state index contributed by atoms with van der Waals surface area (Å²) in [6.07, 6.45) is 7.29. The Labute approximate surface area is 107 Å². The lowest BCUT2D eigenvalue weighted by molar-refractivity contribution is 0.303. The summed E-state index contributed by atoms with van der Waals surface area (Å²) in [4.78, 5) is 15.0. The zero-order valence-electron chi connectivity index (χ0n) is 11.0. The molecule has 0 aliphatic heterocycles. The number of anilines is 1. The van der Waals surface area contributed by atoms with Gasteiger partial charge in [-0.15, -0.1) is 0 Å². The van der Waals surface area contributed by atoms with Gasteiger partial charge in [-0.1, -0.05) is 0 Å². The van der Waals surface area contributed by atoms with E-state index in [-0.39, 0.29) is 0 Å². The van der Waals surface area contributed by atoms with Crippen molar-refractivity contribution in [2.45, 2.75) is 13.1 Å². The monoisotopic (exact) mass is 246 g/mol. The van der Waals surface area contributed by atoms with Gasteiger partial charge in [-0.2, -0.15) is 0 Å². The number of aromatic nitrogens is 4. The molecule has 0 atom stereocenters. The van der Waals surface area contributed by atoms with Crippen molar-refractivity contribution in [3.05, 3.63) is 36.3 Å². The molecule has 0 fully saturated rings. The molecule has 0 spiro atoms. The fraction of sp³-hybridized carbons (Fsp3) is 0.417. The standard InChI is InChI=1S/C12H18N6/c1-13-11-7-15-10(6-16-11)8-17(2)9-12-14-4-5-18(12)3/h4-7H,8-9H2,1-3H3,(H,13,16). The zero-order chi connectivity index (χ0) is 13.0. The van der Waals surface area contributed by atoms with Crippen molar-refractivity contribution < 1.29 is 0 Å². The predicted molar refractivity (Wildman–Crippen MR) is 70.0 cm³/mol. The van der Waals surface area contributed by atoms with Crippen molar-refractivity contribution in [2.75, 3.05) is 19.4 Å². The highest BCUT2D eigenvalue weighted by molar-refractivity contribution is 5.29. The lowest BCUT2D eigenvalue weighted by Crippen LogP contribution is -2.20. The second-order valence-corrected chi connectivity index (χ2v) is 4.27. The van der Waals surface area contributed by atoms with Gasteiger partial charge in [0.1, 0.15) is 11.6 Å². The molecule has 0 aliphatic carbocycles. The van der Waals surface area contributed by atoms with Gasteiger partial charge in [0.15, 0.2) is 0 Å². The normalized spacial score (nSPS) is 10.9. The molecular weight excluding hydrogens is 228 g/mol. The van der Waals surface area contributed by atoms with Gasteiger partial charge in [-0.3, -0.25) is 9.88 Å². The van der Waals surface area contributed by atoms with Gasteiger partial charge in [0.2, 0.25) is 0 Å². The van der Waals surface area contributed by atoms with Crippen LogP contribution in [0.1, 0.15) is 11.5 Å². The van der Waals surface area contributed by atoms with E-state index >= 15 is 0 Å². The molecule has 0 saturated heterocycles. The third-order valence-electron chi connectivity index (χ3n) is 2.73. The molecule has 6 nitrogen and oxygen atoms in total. The maximum absolute atomic E-state index is 4.35. The second kappa shape index (κ2) is 5.59. The van der Waals surface area contributed by atoms with Crippen LogP contribution in [0.2, 0.25) is 0 Å². The number of hydrogen-bond donors (Lipinski definition) is 1. The maximum atomic E-state index is 4.35. The molecule has 0 aliphatic rings. The van der Waals surface area contributed by atoms with Crippen LogP contribution < -0.4 is 5.32 Å². The Morgan fingerprint density at radius 1 is 1.22 bits per heavy atom. The quantitative estimate of drug-likeness (QED) is 0.849. The molecule has 0 amide bonds. The van der Waals surface area contributed by atoms with Crippen LogP contribution in [0.15, 0.2) is 24.8 Å². The van der Waals surface area contributed by atoms with Gasteiger partial charge in [0, 0.05) is 33.0 Å². The molecule has 6 heteroatoms. The Morgan fingerprint density at radius 2 is 2.06 bits per heavy atom. The van der Waals surface area contributed by atoms with Crippen molar-refractivity contribution in [1.82, 2.24) is 24.4 Å². The largest absolute Gasteiger partial charge is 0.372 e. The lowest BCUT2D eigenvalue weighted by Gasteiger charge is -2.15. The summed E-state index contributed by atoms with van der Waals surface area (Å²) < 4.78 is 2.02. The summed E-state index contributed by atoms with van der Waals surface area (Å²) in [6, 6.07) is 0. The Bertz CT molecular complexity index is 490. The fourth-order valence-electron chi connectivity index (χ4n) is 1.69. The van der Waals surface area contributed by atoms with Gasteiger partial charge in [0.05, 0.1) is 24.6 Å². The zero-order valence-corrected chi connectivity index (χ0v) is 11.0. The van der Waals surface area contributed by atoms with E-state index in [0.29, 0.717) is 0 Å². The minimum Gasteiger partial charge on any atom is -0.372 e. The highest BCUT2D eigenvalue weighted by Crippen LogP contribution is 2.05. The number of imidazole rings is 1. The SMILES string of the molecule is CNc1cnc(CN(C)Cc2nccn2C)cn1. The summed E-state index contributed by atoms with van der Waals surface area (Å²) in [6.45, 7) is 1.54. The second-order valence-electron chi connectivity index (χ2n) is 4.27. The van der Waals surface area contributed by atoms with Gasteiger partial charge < -0.3 is 9.88 Å². The van der Waals surface area contributed by atoms with E-state index in [2.05, 4.69) is 25.2 Å². The van der Waals surface area contributed by atoms with Crippen molar-refractivity contribution in [2.24, 2.45) is 7.05 Å². The third-order valence-corrected chi connectivity index (χ3v) is 2.73. The lowest BCUT2D eigenvalue weighted by atomic mass is 10.4. The molecule has 0 radical (unpaired) electrons. The first-order valence-electron chi connectivity index (χ1n) is 5.82. The van der Waals surface area contributed by atoms with Crippen LogP contribution >= 0.6 is 0 Å². The number of aryl methyl sites for hydroxylation is 1. The fourth-order valence-corrected chi connectivity index (χ4v) is 1.69. The Hall–Kier alpha value is -1.95. The molecule has 2 aromatic heterocycles. The van der Waals surface area contributed by atoms with Crippen molar-refractivity contribution in [3.63, 3.8) is 0 Å². The average Bonchev–Trinajstić information content (AvgIpc) is 2.76. The van der Waals surface area contributed by atoms with Crippen LogP contribution in [0.5, 0.6) is 0 Å². The number of nitrogens with one attached hydrogen (secondary N) is 1. The molecule has 2 heterocycles. The third kappa shape index (κ3) is 3.04. The molecule has 18 heavy (non-hydrogen) atoms. The first-order chi connectivity index (χ1) is 8.69. The number of hydrogen-bond acceptors (Lipinski definition) is 5. The van der Waals surface area contributed by atoms with Crippen LogP contribution in [-0.2, 0) is 20.1 Å². The van der Waals surface area contributed by atoms with E-state index in [1.807, 2.05) is 38.1 Å². The molecule has 96 valence electrons. The van der Waals surface area contributed by atoms with Gasteiger partial charge in [-0.25, -0.2) is 9.97 Å². The number of rotatable bonds is 5. The molecule has 0 aromatic carbocycles. The smallest absolute Gasteiger partial charge is 0.144 e. The first-order valence-corrected chi connectivity index (χ1v) is 5.82. The molecule has 2 aromatic rings. The minimum atomic E-state index is 0.754. The summed E-state index contributed by atoms with van der Waals surface area (Å²) in [5.74, 6) is 1.82. The van der Waals surface area contributed by atoms with E-state index in [9.17, 15) is 0 Å². The highest BCUT2D eigenvalue weighted by Gasteiger charge is 2.06.